The van der Waals surface area contributed by atoms with Crippen LogP contribution in [0.2, 0.25) is 0 Å². The zero-order chi connectivity index (χ0) is 17.5. The fourth-order valence-electron chi connectivity index (χ4n) is 1.61. The first kappa shape index (κ1) is 18.4. The molecule has 124 valence electrons. The van der Waals surface area contributed by atoms with Gasteiger partial charge in [-0.1, -0.05) is 0 Å². The molecule has 2 N–H and O–H groups in total. The molecule has 1 aromatic carbocycles. The van der Waals surface area contributed by atoms with Crippen LogP contribution in [0.15, 0.2) is 12.1 Å². The molecule has 0 aliphatic rings. The van der Waals surface area contributed by atoms with Gasteiger partial charge in [0.1, 0.15) is 11.3 Å². The maximum atomic E-state index is 12.7. The molecule has 0 heterocycles. The quantitative estimate of drug-likeness (QED) is 0.642. The van der Waals surface area contributed by atoms with Crippen LogP contribution in [-0.4, -0.2) is 17.4 Å². The van der Waals surface area contributed by atoms with Crippen LogP contribution in [-0.2, 0) is 18.5 Å². The third-order valence-electron chi connectivity index (χ3n) is 2.27. The highest BCUT2D eigenvalue weighted by molar-refractivity contribution is 6.33. The maximum absolute atomic E-state index is 12.7. The Morgan fingerprint density at radius 2 is 1.18 bits per heavy atom. The van der Waals surface area contributed by atoms with Gasteiger partial charge in [0.25, 0.3) is 0 Å². The molecule has 0 aliphatic heterocycles. The number of hydrogen-bond donors (Lipinski definition) is 2. The van der Waals surface area contributed by atoms with Crippen LogP contribution in [0.3, 0.4) is 0 Å². The van der Waals surface area contributed by atoms with Gasteiger partial charge in [0, 0.05) is 0 Å². The minimum Gasteiger partial charge on any atom is -0.511 e. The SMILES string of the molecule is OB(O)Oc1ccc(C(F)(F)F)c(C(F)(F)F)c1C(F)(F)F. The van der Waals surface area contributed by atoms with Crippen molar-refractivity contribution in [2.45, 2.75) is 18.5 Å². The van der Waals surface area contributed by atoms with E-state index < -0.39 is 48.3 Å². The van der Waals surface area contributed by atoms with E-state index in [1.165, 1.54) is 0 Å². The van der Waals surface area contributed by atoms with Crippen LogP contribution in [0.5, 0.6) is 5.75 Å². The molecule has 0 radical (unpaired) electrons. The normalized spacial score (nSPS) is 13.2. The lowest BCUT2D eigenvalue weighted by Crippen LogP contribution is -2.27. The first-order valence-corrected chi connectivity index (χ1v) is 5.07. The van der Waals surface area contributed by atoms with Crippen molar-refractivity contribution in [2.75, 3.05) is 0 Å². The molecule has 0 fully saturated rings. The Morgan fingerprint density at radius 3 is 1.50 bits per heavy atom. The van der Waals surface area contributed by atoms with Crippen molar-refractivity contribution in [3.8, 4) is 5.75 Å². The van der Waals surface area contributed by atoms with E-state index in [-0.39, 0.29) is 12.1 Å². The Morgan fingerprint density at radius 1 is 0.727 bits per heavy atom. The van der Waals surface area contributed by atoms with Crippen LogP contribution in [0, 0.1) is 0 Å². The second-order valence-corrected chi connectivity index (χ2v) is 3.80. The summed E-state index contributed by atoms with van der Waals surface area (Å²) >= 11 is 0. The van der Waals surface area contributed by atoms with Crippen molar-refractivity contribution in [1.29, 1.82) is 0 Å². The second-order valence-electron chi connectivity index (χ2n) is 3.80. The lowest BCUT2D eigenvalue weighted by molar-refractivity contribution is -0.175. The number of rotatable bonds is 2. The van der Waals surface area contributed by atoms with Gasteiger partial charge < -0.3 is 14.7 Å². The molecule has 0 aliphatic carbocycles. The minimum atomic E-state index is -6.02. The molecule has 0 aromatic heterocycles. The van der Waals surface area contributed by atoms with E-state index in [1.807, 2.05) is 0 Å². The van der Waals surface area contributed by atoms with Crippen molar-refractivity contribution in [2.24, 2.45) is 0 Å². The largest absolute Gasteiger partial charge is 0.707 e. The summed E-state index contributed by atoms with van der Waals surface area (Å²) < 4.78 is 118. The minimum absolute atomic E-state index is 0.0830. The molecular weight excluding hydrogens is 338 g/mol. The molecule has 22 heavy (non-hydrogen) atoms. The van der Waals surface area contributed by atoms with Gasteiger partial charge in [0.05, 0.1) is 11.1 Å². The van der Waals surface area contributed by atoms with Crippen molar-refractivity contribution in [3.05, 3.63) is 28.8 Å². The van der Waals surface area contributed by atoms with Gasteiger partial charge in [-0.2, -0.15) is 39.5 Å². The fourth-order valence-corrected chi connectivity index (χ4v) is 1.61. The highest BCUT2D eigenvalue weighted by atomic mass is 19.4. The molecule has 1 aromatic rings. The summed E-state index contributed by atoms with van der Waals surface area (Å²) in [6.45, 7) is 0. The number of alkyl halides is 9. The van der Waals surface area contributed by atoms with E-state index in [4.69, 9.17) is 10.0 Å². The molecule has 3 nitrogen and oxygen atoms in total. The summed E-state index contributed by atoms with van der Waals surface area (Å²) in [5.74, 6) is -1.80. The van der Waals surface area contributed by atoms with Gasteiger partial charge in [-0.05, 0) is 12.1 Å². The number of hydrogen-bond acceptors (Lipinski definition) is 3. The van der Waals surface area contributed by atoms with E-state index in [1.54, 1.807) is 0 Å². The molecule has 0 amide bonds. The molecule has 0 bridgehead atoms. The summed E-state index contributed by atoms with van der Waals surface area (Å²) in [5, 5.41) is 16.8. The van der Waals surface area contributed by atoms with E-state index in [2.05, 4.69) is 4.65 Å². The van der Waals surface area contributed by atoms with Crippen LogP contribution < -0.4 is 4.65 Å². The summed E-state index contributed by atoms with van der Waals surface area (Å²) in [6, 6.07) is -0.379. The van der Waals surface area contributed by atoms with Crippen LogP contribution >= 0.6 is 0 Å². The molecule has 0 saturated heterocycles. The average Bonchev–Trinajstić information content (AvgIpc) is 2.22. The predicted molar refractivity (Wildman–Crippen MR) is 52.3 cm³/mol. The Balaban J connectivity index is 3.84. The number of benzene rings is 1. The highest BCUT2D eigenvalue weighted by Crippen LogP contribution is 2.49. The standard InChI is InChI=1S/C9H4BF9O3/c11-7(12,13)3-1-2-4(22-10(20)21)6(9(17,18)19)5(3)8(14,15)16/h1-2,20-21H. The fraction of sp³-hybridized carbons (Fsp3) is 0.333. The van der Waals surface area contributed by atoms with Gasteiger partial charge in [-0.25, -0.2) is 0 Å². The predicted octanol–water partition coefficient (Wildman–Crippen LogP) is 3.09. The van der Waals surface area contributed by atoms with E-state index in [9.17, 15) is 39.5 Å². The molecule has 13 heteroatoms. The van der Waals surface area contributed by atoms with Gasteiger partial charge in [-0.3, -0.25) is 0 Å². The molecular formula is C9H4BF9O3. The summed E-state index contributed by atoms with van der Waals surface area (Å²) in [6.07, 6.45) is -17.6. The Labute approximate surface area is 116 Å². The molecule has 0 unspecified atom stereocenters. The lowest BCUT2D eigenvalue weighted by Gasteiger charge is -2.23. The maximum Gasteiger partial charge on any atom is 0.707 e. The zero-order valence-electron chi connectivity index (χ0n) is 9.94. The summed E-state index contributed by atoms with van der Waals surface area (Å²) in [7, 11) is -2.96. The number of halogens is 9. The van der Waals surface area contributed by atoms with Gasteiger partial charge in [-0.15, -0.1) is 0 Å². The van der Waals surface area contributed by atoms with E-state index >= 15 is 0 Å². The highest BCUT2D eigenvalue weighted by Gasteiger charge is 2.52. The van der Waals surface area contributed by atoms with Crippen LogP contribution in [0.25, 0.3) is 0 Å². The first-order chi connectivity index (χ1) is 9.65. The molecule has 0 atom stereocenters. The zero-order valence-corrected chi connectivity index (χ0v) is 9.94. The summed E-state index contributed by atoms with van der Waals surface area (Å²) in [4.78, 5) is 0. The van der Waals surface area contributed by atoms with Crippen molar-refractivity contribution in [3.63, 3.8) is 0 Å². The molecule has 0 spiro atoms. The first-order valence-electron chi connectivity index (χ1n) is 5.07. The smallest absolute Gasteiger partial charge is 0.511 e. The molecule has 0 saturated carbocycles. The van der Waals surface area contributed by atoms with Crippen molar-refractivity contribution < 1.29 is 54.2 Å². The van der Waals surface area contributed by atoms with Gasteiger partial charge >= 0.3 is 25.9 Å². The van der Waals surface area contributed by atoms with Crippen LogP contribution in [0.4, 0.5) is 39.5 Å². The monoisotopic (exact) mass is 342 g/mol. The second kappa shape index (κ2) is 5.54. The third-order valence-corrected chi connectivity index (χ3v) is 2.27. The summed E-state index contributed by atoms with van der Waals surface area (Å²) in [5.41, 5.74) is -8.40. The van der Waals surface area contributed by atoms with Crippen LogP contribution in [0.1, 0.15) is 16.7 Å². The molecule has 1 rings (SSSR count). The Kier molecular flexibility index (Phi) is 4.64. The van der Waals surface area contributed by atoms with Gasteiger partial charge in [0.15, 0.2) is 0 Å². The lowest BCUT2D eigenvalue weighted by atomic mass is 9.97. The van der Waals surface area contributed by atoms with Crippen molar-refractivity contribution >= 4 is 7.32 Å². The Bertz CT molecular complexity index is 547. The van der Waals surface area contributed by atoms with Gasteiger partial charge in [0.2, 0.25) is 0 Å². The average molecular weight is 342 g/mol. The van der Waals surface area contributed by atoms with Crippen molar-refractivity contribution in [1.82, 2.24) is 0 Å². The van der Waals surface area contributed by atoms with E-state index in [0.717, 1.165) is 0 Å². The van der Waals surface area contributed by atoms with E-state index in [0.29, 0.717) is 0 Å². The third kappa shape index (κ3) is 3.97. The Hall–Kier alpha value is -1.63. The topological polar surface area (TPSA) is 49.7 Å².